The fourth-order valence-corrected chi connectivity index (χ4v) is 2.24. The third-order valence-corrected chi connectivity index (χ3v) is 3.05. The maximum Gasteiger partial charge on any atom is 0.00519 e. The average Bonchev–Trinajstić information content (AvgIpc) is 2.18. The van der Waals surface area contributed by atoms with Crippen LogP contribution in [0, 0.1) is 0 Å². The molecule has 0 fully saturated rings. The Balaban J connectivity index is 2.52. The molecule has 0 saturated heterocycles. The third kappa shape index (κ3) is 1.41. The van der Waals surface area contributed by atoms with Crippen LogP contribution in [0.25, 0.3) is 5.57 Å². The number of hydrogen-bond donors (Lipinski definition) is 0. The molecule has 72 valence electrons. The number of allylic oxidation sites excluding steroid dienone is 2. The lowest BCUT2D eigenvalue weighted by Gasteiger charge is -2.27. The van der Waals surface area contributed by atoms with Crippen LogP contribution in [-0.2, 0) is 0 Å². The second kappa shape index (κ2) is 3.45. The van der Waals surface area contributed by atoms with E-state index in [1.54, 1.807) is 0 Å². The van der Waals surface area contributed by atoms with Gasteiger partial charge in [0.05, 0.1) is 0 Å². The quantitative estimate of drug-likeness (QED) is 0.575. The first-order chi connectivity index (χ1) is 6.70. The van der Waals surface area contributed by atoms with Crippen molar-refractivity contribution in [1.29, 1.82) is 0 Å². The number of benzene rings is 1. The molecule has 0 aliphatic heterocycles. The summed E-state index contributed by atoms with van der Waals surface area (Å²) in [5.74, 6) is 0.539. The number of rotatable bonds is 1. The van der Waals surface area contributed by atoms with Gasteiger partial charge < -0.3 is 0 Å². The highest BCUT2D eigenvalue weighted by molar-refractivity contribution is 5.69. The Hall–Kier alpha value is -1.30. The van der Waals surface area contributed by atoms with Crippen molar-refractivity contribution in [2.75, 3.05) is 0 Å². The second-order valence-corrected chi connectivity index (χ2v) is 4.13. The Labute approximate surface area is 86.0 Å². The van der Waals surface area contributed by atoms with Crippen LogP contribution in [0.1, 0.15) is 36.8 Å². The molecule has 1 atom stereocenters. The normalized spacial score (nSPS) is 20.4. The molecule has 0 nitrogen and oxygen atoms in total. The van der Waals surface area contributed by atoms with Gasteiger partial charge in [0.2, 0.25) is 0 Å². The van der Waals surface area contributed by atoms with Crippen LogP contribution in [0.3, 0.4) is 0 Å². The van der Waals surface area contributed by atoms with E-state index in [2.05, 4.69) is 44.3 Å². The lowest BCUT2D eigenvalue weighted by Crippen LogP contribution is -2.09. The zero-order valence-electron chi connectivity index (χ0n) is 8.72. The zero-order valence-corrected chi connectivity index (χ0v) is 8.72. The molecule has 0 saturated carbocycles. The van der Waals surface area contributed by atoms with Crippen molar-refractivity contribution in [2.45, 2.75) is 25.7 Å². The van der Waals surface area contributed by atoms with Crippen LogP contribution >= 0.6 is 0 Å². The molecule has 14 heavy (non-hydrogen) atoms. The van der Waals surface area contributed by atoms with Gasteiger partial charge in [-0.05, 0) is 36.5 Å². The van der Waals surface area contributed by atoms with E-state index in [0.717, 1.165) is 6.42 Å². The Kier molecular flexibility index (Phi) is 2.28. The van der Waals surface area contributed by atoms with Crippen LogP contribution in [0.5, 0.6) is 0 Å². The maximum atomic E-state index is 4.12. The summed E-state index contributed by atoms with van der Waals surface area (Å²) in [6, 6.07) is 8.57. The van der Waals surface area contributed by atoms with Gasteiger partial charge in [0.1, 0.15) is 0 Å². The highest BCUT2D eigenvalue weighted by Gasteiger charge is 2.21. The van der Waals surface area contributed by atoms with Crippen molar-refractivity contribution in [3.05, 3.63) is 54.1 Å². The second-order valence-electron chi connectivity index (χ2n) is 4.13. The molecule has 0 radical (unpaired) electrons. The molecule has 1 aliphatic rings. The summed E-state index contributed by atoms with van der Waals surface area (Å²) in [4.78, 5) is 0. The predicted octanol–water partition coefficient (Wildman–Crippen LogP) is 4.15. The van der Waals surface area contributed by atoms with Gasteiger partial charge in [-0.3, -0.25) is 0 Å². The summed E-state index contributed by atoms with van der Waals surface area (Å²) in [5.41, 5.74) is 5.30. The highest BCUT2D eigenvalue weighted by Crippen LogP contribution is 2.40. The first kappa shape index (κ1) is 9.26. The minimum absolute atomic E-state index is 0.539. The molecule has 0 bridgehead atoms. The van der Waals surface area contributed by atoms with E-state index < -0.39 is 0 Å². The van der Waals surface area contributed by atoms with Gasteiger partial charge in [0.25, 0.3) is 0 Å². The molecule has 1 unspecified atom stereocenters. The Bertz CT molecular complexity index is 385. The molecule has 0 aromatic heterocycles. The van der Waals surface area contributed by atoms with E-state index >= 15 is 0 Å². The molecule has 0 N–H and O–H groups in total. The van der Waals surface area contributed by atoms with Gasteiger partial charge in [-0.1, -0.05) is 43.0 Å². The monoisotopic (exact) mass is 184 g/mol. The van der Waals surface area contributed by atoms with Gasteiger partial charge in [-0.2, -0.15) is 0 Å². The molecule has 1 aromatic carbocycles. The van der Waals surface area contributed by atoms with Crippen LogP contribution in [0.15, 0.2) is 43.0 Å². The summed E-state index contributed by atoms with van der Waals surface area (Å²) in [6.45, 7) is 10.3. The van der Waals surface area contributed by atoms with Crippen LogP contribution in [0.4, 0.5) is 0 Å². The molecule has 0 spiro atoms. The largest absolute Gasteiger partial charge is 0.0995 e. The molecule has 1 aromatic rings. The van der Waals surface area contributed by atoms with Crippen molar-refractivity contribution in [3.8, 4) is 0 Å². The van der Waals surface area contributed by atoms with E-state index in [1.165, 1.54) is 28.7 Å². The summed E-state index contributed by atoms with van der Waals surface area (Å²) >= 11 is 0. The van der Waals surface area contributed by atoms with Crippen molar-refractivity contribution in [2.24, 2.45) is 0 Å². The smallest absolute Gasteiger partial charge is 0.00519 e. The number of hydrogen-bond acceptors (Lipinski definition) is 0. The van der Waals surface area contributed by atoms with Crippen LogP contribution in [-0.4, -0.2) is 0 Å². The Morgan fingerprint density at radius 1 is 1.36 bits per heavy atom. The van der Waals surface area contributed by atoms with Crippen molar-refractivity contribution < 1.29 is 0 Å². The third-order valence-electron chi connectivity index (χ3n) is 3.05. The average molecular weight is 184 g/mol. The fourth-order valence-electron chi connectivity index (χ4n) is 2.24. The standard InChI is InChI=1S/C14H16/c1-10(2)12-9-8-11(3)13-6-4-5-7-14(12)13/h4-7,12H,1,3,8-9H2,2H3. The predicted molar refractivity (Wildman–Crippen MR) is 62.3 cm³/mol. The minimum Gasteiger partial charge on any atom is -0.0995 e. The van der Waals surface area contributed by atoms with E-state index in [1.807, 2.05) is 0 Å². The lowest BCUT2D eigenvalue weighted by atomic mass is 9.78. The molecule has 0 amide bonds. The lowest BCUT2D eigenvalue weighted by molar-refractivity contribution is 0.701. The number of fused-ring (bicyclic) bond motifs is 1. The molecule has 2 rings (SSSR count). The van der Waals surface area contributed by atoms with Crippen molar-refractivity contribution >= 4 is 5.57 Å². The first-order valence-electron chi connectivity index (χ1n) is 5.12. The summed E-state index contributed by atoms with van der Waals surface area (Å²) < 4.78 is 0. The molecular weight excluding hydrogens is 168 g/mol. The summed E-state index contributed by atoms with van der Waals surface area (Å²) in [6.07, 6.45) is 2.28. The summed E-state index contributed by atoms with van der Waals surface area (Å²) in [5, 5.41) is 0. The first-order valence-corrected chi connectivity index (χ1v) is 5.12. The molecule has 1 aliphatic carbocycles. The highest BCUT2D eigenvalue weighted by atomic mass is 14.3. The summed E-state index contributed by atoms with van der Waals surface area (Å²) in [7, 11) is 0. The minimum atomic E-state index is 0.539. The van der Waals surface area contributed by atoms with Gasteiger partial charge in [0, 0.05) is 5.92 Å². The molecule has 0 heteroatoms. The van der Waals surface area contributed by atoms with E-state index in [0.29, 0.717) is 5.92 Å². The van der Waals surface area contributed by atoms with Crippen molar-refractivity contribution in [1.82, 2.24) is 0 Å². The van der Waals surface area contributed by atoms with E-state index in [-0.39, 0.29) is 0 Å². The molecular formula is C14H16. The van der Waals surface area contributed by atoms with Crippen LogP contribution in [0.2, 0.25) is 0 Å². The van der Waals surface area contributed by atoms with Gasteiger partial charge >= 0.3 is 0 Å². The van der Waals surface area contributed by atoms with Crippen LogP contribution < -0.4 is 0 Å². The maximum absolute atomic E-state index is 4.12. The SMILES string of the molecule is C=C1CCC(C(=C)C)c2ccccc21. The van der Waals surface area contributed by atoms with Gasteiger partial charge in [-0.15, -0.1) is 0 Å². The fraction of sp³-hybridized carbons (Fsp3) is 0.286. The van der Waals surface area contributed by atoms with Gasteiger partial charge in [-0.25, -0.2) is 0 Å². The Morgan fingerprint density at radius 3 is 2.79 bits per heavy atom. The zero-order chi connectivity index (χ0) is 10.1. The van der Waals surface area contributed by atoms with Crippen molar-refractivity contribution in [3.63, 3.8) is 0 Å². The van der Waals surface area contributed by atoms with E-state index in [4.69, 9.17) is 0 Å². The Morgan fingerprint density at radius 2 is 2.07 bits per heavy atom. The molecule has 0 heterocycles. The topological polar surface area (TPSA) is 0 Å². The van der Waals surface area contributed by atoms with E-state index in [9.17, 15) is 0 Å². The van der Waals surface area contributed by atoms with Gasteiger partial charge in [0.15, 0.2) is 0 Å².